The third-order valence-electron chi connectivity index (χ3n) is 7.11. The van der Waals surface area contributed by atoms with Gasteiger partial charge in [0, 0.05) is 30.3 Å². The van der Waals surface area contributed by atoms with Gasteiger partial charge in [0.05, 0.1) is 24.9 Å². The fraction of sp³-hybridized carbons (Fsp3) is 0.519. The third-order valence-corrected chi connectivity index (χ3v) is 8.80. The van der Waals surface area contributed by atoms with Crippen LogP contribution in [0.3, 0.4) is 0 Å². The Morgan fingerprint density at radius 1 is 1.13 bits per heavy atom. The molecule has 2 aromatic heterocycles. The molecular formula is C27H34N4O5S2. The number of benzene rings is 1. The molecule has 9 nitrogen and oxygen atoms in total. The number of carbonyl (C=O) groups is 1. The zero-order valence-corrected chi connectivity index (χ0v) is 23.6. The van der Waals surface area contributed by atoms with Gasteiger partial charge in [-0.25, -0.2) is 9.97 Å². The van der Waals surface area contributed by atoms with Crippen LogP contribution in [0.4, 0.5) is 5.82 Å². The lowest BCUT2D eigenvalue weighted by molar-refractivity contribution is 0.0640. The van der Waals surface area contributed by atoms with Crippen molar-refractivity contribution in [2.45, 2.75) is 57.7 Å². The van der Waals surface area contributed by atoms with Crippen molar-refractivity contribution < 1.29 is 22.1 Å². The van der Waals surface area contributed by atoms with E-state index in [2.05, 4.69) is 15.2 Å². The minimum absolute atomic E-state index is 0.0249. The molecule has 2 atom stereocenters. The second kappa shape index (κ2) is 11.3. The molecule has 3 aromatic rings. The Bertz CT molecular complexity index is 1380. The zero-order valence-electron chi connectivity index (χ0n) is 21.9. The fourth-order valence-electron chi connectivity index (χ4n) is 5.75. The van der Waals surface area contributed by atoms with Crippen molar-refractivity contribution >= 4 is 43.4 Å². The smallest absolute Gasteiger partial charge is 0.264 e. The molecule has 5 rings (SSSR count). The Morgan fingerprint density at radius 2 is 1.84 bits per heavy atom. The van der Waals surface area contributed by atoms with Crippen molar-refractivity contribution in [3.8, 4) is 11.1 Å². The van der Waals surface area contributed by atoms with Crippen LogP contribution >= 0.6 is 11.3 Å². The van der Waals surface area contributed by atoms with E-state index in [0.29, 0.717) is 29.5 Å². The van der Waals surface area contributed by atoms with Crippen molar-refractivity contribution in [3.05, 3.63) is 41.5 Å². The summed E-state index contributed by atoms with van der Waals surface area (Å²) in [7, 11) is -3.45. The molecule has 0 radical (unpaired) electrons. The summed E-state index contributed by atoms with van der Waals surface area (Å²) in [5, 5.41) is 4.00. The average Bonchev–Trinajstić information content (AvgIpc) is 3.38. The first-order valence-electron chi connectivity index (χ1n) is 13.1. The first-order chi connectivity index (χ1) is 18.2. The molecule has 1 amide bonds. The largest absolute Gasteiger partial charge is 0.379 e. The summed E-state index contributed by atoms with van der Waals surface area (Å²) < 4.78 is 32.8. The van der Waals surface area contributed by atoms with Crippen molar-refractivity contribution in [1.82, 2.24) is 15.3 Å². The number of fused-ring (bicyclic) bond motifs is 3. The molecule has 2 fully saturated rings. The van der Waals surface area contributed by atoms with E-state index < -0.39 is 10.1 Å². The molecule has 2 aliphatic heterocycles. The molecule has 11 heteroatoms. The third kappa shape index (κ3) is 5.85. The lowest BCUT2D eigenvalue weighted by atomic mass is 9.91. The minimum Gasteiger partial charge on any atom is -0.379 e. The van der Waals surface area contributed by atoms with Gasteiger partial charge in [-0.2, -0.15) is 8.42 Å². The molecule has 38 heavy (non-hydrogen) atoms. The van der Waals surface area contributed by atoms with Crippen molar-refractivity contribution in [2.24, 2.45) is 5.92 Å². The highest BCUT2D eigenvalue weighted by Crippen LogP contribution is 2.47. The van der Waals surface area contributed by atoms with Crippen LogP contribution < -0.4 is 10.2 Å². The summed E-state index contributed by atoms with van der Waals surface area (Å²) in [5.74, 6) is 1.20. The first-order valence-corrected chi connectivity index (χ1v) is 15.7. The van der Waals surface area contributed by atoms with Gasteiger partial charge >= 0.3 is 0 Å². The number of hydrogen-bond acceptors (Lipinski definition) is 9. The van der Waals surface area contributed by atoms with E-state index in [1.807, 2.05) is 44.2 Å². The Labute approximate surface area is 227 Å². The Kier molecular flexibility index (Phi) is 7.99. The van der Waals surface area contributed by atoms with E-state index in [9.17, 15) is 13.2 Å². The van der Waals surface area contributed by atoms with Gasteiger partial charge in [0.2, 0.25) is 0 Å². The molecule has 0 aliphatic carbocycles. The van der Waals surface area contributed by atoms with Gasteiger partial charge in [0.25, 0.3) is 16.0 Å². The average molecular weight is 559 g/mol. The second-order valence-electron chi connectivity index (χ2n) is 10.4. The summed E-state index contributed by atoms with van der Waals surface area (Å²) in [6, 6.07) is 10.7. The van der Waals surface area contributed by atoms with Crippen LogP contribution in [0, 0.1) is 5.92 Å². The molecular weight excluding hydrogens is 524 g/mol. The van der Waals surface area contributed by atoms with E-state index in [4.69, 9.17) is 13.9 Å². The Morgan fingerprint density at radius 3 is 2.50 bits per heavy atom. The van der Waals surface area contributed by atoms with Crippen molar-refractivity contribution in [3.63, 3.8) is 0 Å². The van der Waals surface area contributed by atoms with Gasteiger partial charge in [0.15, 0.2) is 0 Å². The van der Waals surface area contributed by atoms with Crippen LogP contribution in [0.2, 0.25) is 0 Å². The number of carbonyl (C=O) groups excluding carboxylic acids is 1. The number of nitrogens with zero attached hydrogens (tertiary/aromatic N) is 3. The van der Waals surface area contributed by atoms with Crippen LogP contribution in [0.25, 0.3) is 21.3 Å². The fourth-order valence-corrected chi connectivity index (χ4v) is 7.18. The number of nitrogens with one attached hydrogen (secondary N) is 1. The molecule has 1 aromatic carbocycles. The minimum atomic E-state index is -3.45. The predicted octanol–water partition coefficient (Wildman–Crippen LogP) is 4.24. The molecule has 2 bridgehead atoms. The highest BCUT2D eigenvalue weighted by atomic mass is 32.2. The second-order valence-corrected chi connectivity index (χ2v) is 13.1. The predicted molar refractivity (Wildman–Crippen MR) is 149 cm³/mol. The van der Waals surface area contributed by atoms with Gasteiger partial charge in [-0.1, -0.05) is 30.3 Å². The van der Waals surface area contributed by atoms with Crippen LogP contribution in [0.15, 0.2) is 36.7 Å². The lowest BCUT2D eigenvalue weighted by Crippen LogP contribution is -2.44. The van der Waals surface area contributed by atoms with Crippen LogP contribution in [-0.2, 0) is 19.0 Å². The SMILES string of the molecule is CC(C)NC(=O)c1sc2ncnc(N3C4CCC3CC(COCCOS(C)(=O)=O)C4)c2c1-c1ccccc1. The Hall–Kier alpha value is -2.60. The maximum Gasteiger partial charge on any atom is 0.264 e. The maximum atomic E-state index is 13.3. The van der Waals surface area contributed by atoms with Crippen molar-refractivity contribution in [2.75, 3.05) is 31.0 Å². The highest BCUT2D eigenvalue weighted by molar-refractivity contribution is 7.85. The summed E-state index contributed by atoms with van der Waals surface area (Å²) in [6.07, 6.45) is 6.76. The zero-order chi connectivity index (χ0) is 26.9. The molecule has 204 valence electrons. The normalized spacial score (nSPS) is 21.4. The molecule has 4 heterocycles. The number of hydrogen-bond donors (Lipinski definition) is 1. The summed E-state index contributed by atoms with van der Waals surface area (Å²) in [4.78, 5) is 26.6. The van der Waals surface area contributed by atoms with E-state index in [-0.39, 0.29) is 25.2 Å². The highest BCUT2D eigenvalue weighted by Gasteiger charge is 2.42. The summed E-state index contributed by atoms with van der Waals surface area (Å²) in [6.45, 7) is 4.80. The molecule has 2 saturated heterocycles. The molecule has 2 aliphatic rings. The standard InChI is InChI=1S/C27H34N4O5S2/c1-17(2)30-26(32)24-22(19-7-5-4-6-8-19)23-25(28-16-29-27(23)37-24)31-20-9-10-21(31)14-18(13-20)15-35-11-12-36-38(3,33)34/h4-8,16-18,20-21H,9-15H2,1-3H3,(H,30,32). The van der Waals surface area contributed by atoms with Crippen LogP contribution in [0.5, 0.6) is 0 Å². The van der Waals surface area contributed by atoms with Gasteiger partial charge in [-0.15, -0.1) is 11.3 Å². The van der Waals surface area contributed by atoms with Gasteiger partial charge in [0.1, 0.15) is 21.9 Å². The molecule has 1 N–H and O–H groups in total. The number of anilines is 1. The first kappa shape index (κ1) is 27.0. The summed E-state index contributed by atoms with van der Waals surface area (Å²) >= 11 is 1.42. The molecule has 2 unspecified atom stereocenters. The van der Waals surface area contributed by atoms with E-state index >= 15 is 0 Å². The van der Waals surface area contributed by atoms with E-state index in [0.717, 1.165) is 59.1 Å². The number of ether oxygens (including phenoxy) is 1. The molecule has 0 saturated carbocycles. The number of amides is 1. The maximum absolute atomic E-state index is 13.3. The van der Waals surface area contributed by atoms with Gasteiger partial charge in [-0.3, -0.25) is 8.98 Å². The topological polar surface area (TPSA) is 111 Å². The number of piperidine rings is 1. The van der Waals surface area contributed by atoms with Crippen molar-refractivity contribution in [1.29, 1.82) is 0 Å². The monoisotopic (exact) mass is 558 g/mol. The number of rotatable bonds is 10. The lowest BCUT2D eigenvalue weighted by Gasteiger charge is -2.40. The van der Waals surface area contributed by atoms with Crippen LogP contribution in [0.1, 0.15) is 49.2 Å². The van der Waals surface area contributed by atoms with E-state index in [1.165, 1.54) is 11.3 Å². The van der Waals surface area contributed by atoms with Gasteiger partial charge in [-0.05, 0) is 51.0 Å². The van der Waals surface area contributed by atoms with Crippen LogP contribution in [-0.4, -0.2) is 68.5 Å². The van der Waals surface area contributed by atoms with Gasteiger partial charge < -0.3 is 15.0 Å². The molecule has 0 spiro atoms. The quantitative estimate of drug-likeness (QED) is 0.291. The van der Waals surface area contributed by atoms with E-state index in [1.54, 1.807) is 6.33 Å². The number of thiophene rings is 1. The Balaban J connectivity index is 1.42. The number of aromatic nitrogens is 2. The summed E-state index contributed by atoms with van der Waals surface area (Å²) in [5.41, 5.74) is 1.88.